The van der Waals surface area contributed by atoms with Crippen LogP contribution in [0.5, 0.6) is 0 Å². The highest BCUT2D eigenvalue weighted by atomic mass is 32.2. The van der Waals surface area contributed by atoms with Crippen molar-refractivity contribution in [3.63, 3.8) is 0 Å². The van der Waals surface area contributed by atoms with Crippen LogP contribution in [0.1, 0.15) is 13.3 Å². The van der Waals surface area contributed by atoms with Crippen molar-refractivity contribution in [3.8, 4) is 0 Å². The number of hydrogen-bond acceptors (Lipinski definition) is 4. The van der Waals surface area contributed by atoms with E-state index in [1.165, 1.54) is 18.5 Å². The molecule has 5 nitrogen and oxygen atoms in total. The van der Waals surface area contributed by atoms with Gasteiger partial charge in [-0.15, -0.1) is 0 Å². The van der Waals surface area contributed by atoms with Gasteiger partial charge in [0.25, 0.3) is 0 Å². The highest BCUT2D eigenvalue weighted by Crippen LogP contribution is 2.01. The normalized spacial score (nSPS) is 14.6. The fraction of sp³-hybridized carbons (Fsp3) is 1.00. The molecule has 0 saturated carbocycles. The Labute approximate surface area is 85.7 Å². The van der Waals surface area contributed by atoms with Crippen molar-refractivity contribution in [1.29, 1.82) is 0 Å². The summed E-state index contributed by atoms with van der Waals surface area (Å²) in [5.41, 5.74) is 0. The van der Waals surface area contributed by atoms with Gasteiger partial charge in [0.2, 0.25) is 10.0 Å². The molecule has 0 spiro atoms. The molecule has 0 rings (SSSR count). The van der Waals surface area contributed by atoms with Crippen LogP contribution in [-0.4, -0.2) is 57.0 Å². The number of aliphatic hydroxyl groups is 1. The summed E-state index contributed by atoms with van der Waals surface area (Å²) in [6.45, 7) is 2.12. The molecule has 6 heteroatoms. The number of sulfonamides is 1. The fourth-order valence-electron chi connectivity index (χ4n) is 1.03. The maximum atomic E-state index is 11.5. The Morgan fingerprint density at radius 1 is 1.50 bits per heavy atom. The fourth-order valence-corrected chi connectivity index (χ4v) is 2.26. The third-order valence-electron chi connectivity index (χ3n) is 1.75. The van der Waals surface area contributed by atoms with Crippen LogP contribution in [0.15, 0.2) is 0 Å². The van der Waals surface area contributed by atoms with Crippen LogP contribution in [-0.2, 0) is 14.8 Å². The molecule has 0 aromatic rings. The summed E-state index contributed by atoms with van der Waals surface area (Å²) in [7, 11) is -0.233. The zero-order valence-electron chi connectivity index (χ0n) is 8.93. The molecule has 86 valence electrons. The van der Waals surface area contributed by atoms with Crippen molar-refractivity contribution in [2.24, 2.45) is 0 Å². The van der Waals surface area contributed by atoms with E-state index in [0.717, 1.165) is 0 Å². The van der Waals surface area contributed by atoms with E-state index in [-0.39, 0.29) is 12.3 Å². The van der Waals surface area contributed by atoms with Crippen LogP contribution in [0.4, 0.5) is 0 Å². The van der Waals surface area contributed by atoms with Crippen molar-refractivity contribution in [1.82, 2.24) is 4.31 Å². The monoisotopic (exact) mass is 225 g/mol. The Morgan fingerprint density at radius 2 is 2.07 bits per heavy atom. The molecule has 0 saturated heterocycles. The maximum absolute atomic E-state index is 11.5. The number of ether oxygens (including phenoxy) is 1. The first-order valence-electron chi connectivity index (χ1n) is 4.51. The lowest BCUT2D eigenvalue weighted by molar-refractivity contribution is 0.170. The Balaban J connectivity index is 4.04. The molecule has 0 radical (unpaired) electrons. The van der Waals surface area contributed by atoms with Crippen molar-refractivity contribution >= 4 is 10.0 Å². The minimum absolute atomic E-state index is 0.0596. The standard InChI is InChI=1S/C8H19NO4S/c1-8(10)7-9(2)14(11,12)6-4-5-13-3/h8,10H,4-7H2,1-3H3. The summed E-state index contributed by atoms with van der Waals surface area (Å²) in [6.07, 6.45) is -0.166. The third-order valence-corrected chi connectivity index (χ3v) is 3.65. The van der Waals surface area contributed by atoms with E-state index >= 15 is 0 Å². The predicted octanol–water partition coefficient (Wildman–Crippen LogP) is -0.335. The zero-order chi connectivity index (χ0) is 11.2. The van der Waals surface area contributed by atoms with Crippen LogP contribution >= 0.6 is 0 Å². The van der Waals surface area contributed by atoms with Crippen LogP contribution < -0.4 is 0 Å². The summed E-state index contributed by atoms with van der Waals surface area (Å²) in [5.74, 6) is 0.0596. The van der Waals surface area contributed by atoms with E-state index in [9.17, 15) is 8.42 Å². The Kier molecular flexibility index (Phi) is 6.26. The molecule has 0 aliphatic heterocycles. The van der Waals surface area contributed by atoms with Crippen LogP contribution in [0.25, 0.3) is 0 Å². The Morgan fingerprint density at radius 3 is 2.50 bits per heavy atom. The molecule has 0 amide bonds. The third kappa shape index (κ3) is 5.54. The van der Waals surface area contributed by atoms with E-state index in [4.69, 9.17) is 9.84 Å². The zero-order valence-corrected chi connectivity index (χ0v) is 9.75. The molecule has 0 aliphatic carbocycles. The van der Waals surface area contributed by atoms with E-state index in [0.29, 0.717) is 13.0 Å². The average Bonchev–Trinajstić information content (AvgIpc) is 2.03. The smallest absolute Gasteiger partial charge is 0.214 e. The average molecular weight is 225 g/mol. The Bertz CT molecular complexity index is 238. The molecule has 0 bridgehead atoms. The van der Waals surface area contributed by atoms with Gasteiger partial charge in [-0.3, -0.25) is 0 Å². The van der Waals surface area contributed by atoms with E-state index in [2.05, 4.69) is 0 Å². The lowest BCUT2D eigenvalue weighted by Crippen LogP contribution is -2.34. The lowest BCUT2D eigenvalue weighted by atomic mass is 10.4. The van der Waals surface area contributed by atoms with Crippen molar-refractivity contribution in [2.75, 3.05) is 33.1 Å². The first-order chi connectivity index (χ1) is 6.40. The molecule has 14 heavy (non-hydrogen) atoms. The van der Waals surface area contributed by atoms with Crippen LogP contribution in [0.3, 0.4) is 0 Å². The largest absolute Gasteiger partial charge is 0.392 e. The van der Waals surface area contributed by atoms with Crippen LogP contribution in [0.2, 0.25) is 0 Å². The van der Waals surface area contributed by atoms with Gasteiger partial charge in [-0.05, 0) is 13.3 Å². The van der Waals surface area contributed by atoms with Gasteiger partial charge >= 0.3 is 0 Å². The highest BCUT2D eigenvalue weighted by Gasteiger charge is 2.18. The summed E-state index contributed by atoms with van der Waals surface area (Å²) < 4.78 is 28.9. The second kappa shape index (κ2) is 6.34. The van der Waals surface area contributed by atoms with Gasteiger partial charge in [-0.2, -0.15) is 0 Å². The van der Waals surface area contributed by atoms with Crippen molar-refractivity contribution in [2.45, 2.75) is 19.4 Å². The number of hydrogen-bond donors (Lipinski definition) is 1. The van der Waals surface area contributed by atoms with Gasteiger partial charge < -0.3 is 9.84 Å². The molecule has 0 heterocycles. The number of rotatable bonds is 7. The molecule has 1 atom stereocenters. The number of methoxy groups -OCH3 is 1. The van der Waals surface area contributed by atoms with Gasteiger partial charge in [0.05, 0.1) is 11.9 Å². The van der Waals surface area contributed by atoms with Crippen molar-refractivity contribution < 1.29 is 18.3 Å². The van der Waals surface area contributed by atoms with Crippen molar-refractivity contribution in [3.05, 3.63) is 0 Å². The minimum atomic E-state index is -3.23. The number of likely N-dealkylation sites (N-methyl/N-ethyl adjacent to an activating group) is 1. The van der Waals surface area contributed by atoms with Gasteiger partial charge in [-0.25, -0.2) is 12.7 Å². The first-order valence-corrected chi connectivity index (χ1v) is 6.12. The molecule has 0 aromatic carbocycles. The van der Waals surface area contributed by atoms with Gasteiger partial charge in [0.15, 0.2) is 0 Å². The second-order valence-corrected chi connectivity index (χ2v) is 5.49. The summed E-state index contributed by atoms with van der Waals surface area (Å²) in [4.78, 5) is 0. The molecule has 0 fully saturated rings. The van der Waals surface area contributed by atoms with E-state index < -0.39 is 16.1 Å². The molecular weight excluding hydrogens is 206 g/mol. The minimum Gasteiger partial charge on any atom is -0.392 e. The number of aliphatic hydroxyl groups excluding tert-OH is 1. The number of nitrogens with zero attached hydrogens (tertiary/aromatic N) is 1. The second-order valence-electron chi connectivity index (χ2n) is 3.29. The summed E-state index contributed by atoms with van der Waals surface area (Å²) >= 11 is 0. The highest BCUT2D eigenvalue weighted by molar-refractivity contribution is 7.89. The SMILES string of the molecule is COCCCS(=O)(=O)N(C)CC(C)O. The first kappa shape index (κ1) is 13.8. The van der Waals surface area contributed by atoms with Gasteiger partial charge in [0.1, 0.15) is 0 Å². The molecule has 0 aliphatic rings. The lowest BCUT2D eigenvalue weighted by Gasteiger charge is -2.18. The quantitative estimate of drug-likeness (QED) is 0.602. The van der Waals surface area contributed by atoms with Gasteiger partial charge in [0, 0.05) is 27.3 Å². The van der Waals surface area contributed by atoms with E-state index in [1.54, 1.807) is 6.92 Å². The summed E-state index contributed by atoms with van der Waals surface area (Å²) in [5, 5.41) is 9.03. The van der Waals surface area contributed by atoms with Gasteiger partial charge in [-0.1, -0.05) is 0 Å². The molecule has 0 aromatic heterocycles. The van der Waals surface area contributed by atoms with Crippen LogP contribution in [0, 0.1) is 0 Å². The molecular formula is C8H19NO4S. The molecule has 1 N–H and O–H groups in total. The Hall–Kier alpha value is -0.170. The molecule has 1 unspecified atom stereocenters. The topological polar surface area (TPSA) is 66.8 Å². The maximum Gasteiger partial charge on any atom is 0.214 e. The van der Waals surface area contributed by atoms with E-state index in [1.807, 2.05) is 0 Å². The summed E-state index contributed by atoms with van der Waals surface area (Å²) in [6, 6.07) is 0. The predicted molar refractivity (Wildman–Crippen MR) is 54.6 cm³/mol.